The average molecular weight is 315 g/mol. The molecule has 0 radical (unpaired) electrons. The molecule has 2 aromatic rings. The minimum Gasteiger partial charge on any atom is -0.454 e. The smallest absolute Gasteiger partial charge is 0.322 e. The summed E-state index contributed by atoms with van der Waals surface area (Å²) in [6, 6.07) is 5.14. The molecule has 1 N–H and O–H groups in total. The molecular formula is C16H17N3O4. The van der Waals surface area contributed by atoms with E-state index in [4.69, 9.17) is 13.9 Å². The summed E-state index contributed by atoms with van der Waals surface area (Å²) in [4.78, 5) is 12.3. The minimum absolute atomic E-state index is 0.133. The van der Waals surface area contributed by atoms with Crippen molar-refractivity contribution in [3.63, 3.8) is 0 Å². The third kappa shape index (κ3) is 2.86. The molecule has 0 spiro atoms. The topological polar surface area (TPSA) is 86.5 Å². The molecule has 0 bridgehead atoms. The molecule has 0 unspecified atom stereocenters. The van der Waals surface area contributed by atoms with Crippen LogP contribution in [0.3, 0.4) is 0 Å². The normalized spacial score (nSPS) is 17.2. The van der Waals surface area contributed by atoms with Crippen molar-refractivity contribution in [2.75, 3.05) is 12.1 Å². The number of amides is 1. The Morgan fingerprint density at radius 2 is 1.91 bits per heavy atom. The van der Waals surface area contributed by atoms with E-state index in [1.807, 2.05) is 0 Å². The fourth-order valence-corrected chi connectivity index (χ4v) is 3.01. The van der Waals surface area contributed by atoms with Crippen LogP contribution in [0.1, 0.15) is 54.3 Å². The first-order chi connectivity index (χ1) is 11.3. The van der Waals surface area contributed by atoms with Gasteiger partial charge >= 0.3 is 6.01 Å². The fraction of sp³-hybridized carbons (Fsp3) is 0.438. The van der Waals surface area contributed by atoms with Gasteiger partial charge in [0.15, 0.2) is 11.5 Å². The first-order valence-corrected chi connectivity index (χ1v) is 7.84. The number of rotatable bonds is 3. The number of carbonyl (C=O) groups excluding carboxylic acids is 1. The third-order valence-electron chi connectivity index (χ3n) is 4.25. The van der Waals surface area contributed by atoms with Crippen LogP contribution in [-0.2, 0) is 0 Å². The highest BCUT2D eigenvalue weighted by molar-refractivity contribution is 6.03. The van der Waals surface area contributed by atoms with Crippen molar-refractivity contribution in [2.45, 2.75) is 38.0 Å². The first kappa shape index (κ1) is 14.0. The average Bonchev–Trinajstić information content (AvgIpc) is 3.24. The van der Waals surface area contributed by atoms with E-state index in [2.05, 4.69) is 15.5 Å². The van der Waals surface area contributed by atoms with Gasteiger partial charge in [-0.1, -0.05) is 24.4 Å². The third-order valence-corrected chi connectivity index (χ3v) is 4.25. The number of nitrogens with zero attached hydrogens (tertiary/aromatic N) is 2. The van der Waals surface area contributed by atoms with Gasteiger partial charge in [0.05, 0.1) is 0 Å². The summed E-state index contributed by atoms with van der Waals surface area (Å²) in [7, 11) is 0. The highest BCUT2D eigenvalue weighted by Crippen LogP contribution is 2.33. The summed E-state index contributed by atoms with van der Waals surface area (Å²) in [6.07, 6.45) is 5.77. The van der Waals surface area contributed by atoms with Crippen molar-refractivity contribution in [1.82, 2.24) is 10.2 Å². The van der Waals surface area contributed by atoms with Gasteiger partial charge in [-0.15, -0.1) is 5.10 Å². The molecule has 2 heterocycles. The second-order valence-electron chi connectivity index (χ2n) is 5.80. The van der Waals surface area contributed by atoms with Crippen molar-refractivity contribution in [1.29, 1.82) is 0 Å². The Morgan fingerprint density at radius 3 is 2.78 bits per heavy atom. The zero-order valence-electron chi connectivity index (χ0n) is 12.6. The minimum atomic E-state index is -0.317. The van der Waals surface area contributed by atoms with Gasteiger partial charge in [-0.2, -0.15) is 0 Å². The standard InChI is InChI=1S/C16H17N3O4/c20-14(11-6-7-12-13(8-11)22-9-21-12)17-16-19-18-15(23-16)10-4-2-1-3-5-10/h6-8,10H,1-5,9H2,(H,17,19,20). The van der Waals surface area contributed by atoms with Crippen LogP contribution in [-0.4, -0.2) is 22.9 Å². The van der Waals surface area contributed by atoms with Crippen LogP contribution in [0, 0.1) is 0 Å². The molecule has 1 aliphatic carbocycles. The first-order valence-electron chi connectivity index (χ1n) is 7.84. The zero-order valence-corrected chi connectivity index (χ0v) is 12.6. The highest BCUT2D eigenvalue weighted by atomic mass is 16.7. The summed E-state index contributed by atoms with van der Waals surface area (Å²) >= 11 is 0. The Hall–Kier alpha value is -2.57. The van der Waals surface area contributed by atoms with Crippen LogP contribution in [0.2, 0.25) is 0 Å². The summed E-state index contributed by atoms with van der Waals surface area (Å²) in [5.41, 5.74) is 0.451. The second-order valence-corrected chi connectivity index (χ2v) is 5.80. The van der Waals surface area contributed by atoms with E-state index in [9.17, 15) is 4.79 Å². The largest absolute Gasteiger partial charge is 0.454 e. The lowest BCUT2D eigenvalue weighted by molar-refractivity contribution is 0.102. The lowest BCUT2D eigenvalue weighted by atomic mass is 9.89. The molecule has 4 rings (SSSR count). The Kier molecular flexibility index (Phi) is 3.61. The molecule has 1 aromatic heterocycles. The van der Waals surface area contributed by atoms with Gasteiger partial charge in [-0.25, -0.2) is 0 Å². The Labute approximate surface area is 133 Å². The lowest BCUT2D eigenvalue weighted by Crippen LogP contribution is -2.12. The molecule has 0 atom stereocenters. The number of carbonyl (C=O) groups is 1. The molecule has 7 nitrogen and oxygen atoms in total. The number of hydrogen-bond acceptors (Lipinski definition) is 6. The van der Waals surface area contributed by atoms with E-state index in [-0.39, 0.29) is 18.7 Å². The predicted molar refractivity (Wildman–Crippen MR) is 80.6 cm³/mol. The number of fused-ring (bicyclic) bond motifs is 1. The van der Waals surface area contributed by atoms with Crippen LogP contribution < -0.4 is 14.8 Å². The van der Waals surface area contributed by atoms with Crippen molar-refractivity contribution in [3.8, 4) is 11.5 Å². The molecule has 120 valence electrons. The monoisotopic (exact) mass is 315 g/mol. The predicted octanol–water partition coefficient (Wildman–Crippen LogP) is 3.10. The number of benzene rings is 1. The van der Waals surface area contributed by atoms with Gasteiger partial charge < -0.3 is 13.9 Å². The zero-order chi connectivity index (χ0) is 15.6. The molecule has 1 aromatic carbocycles. The van der Waals surface area contributed by atoms with Crippen molar-refractivity contribution < 1.29 is 18.7 Å². The fourth-order valence-electron chi connectivity index (χ4n) is 3.01. The van der Waals surface area contributed by atoms with Crippen LogP contribution in [0.25, 0.3) is 0 Å². The molecule has 23 heavy (non-hydrogen) atoms. The molecule has 1 saturated carbocycles. The molecule has 7 heteroatoms. The van der Waals surface area contributed by atoms with E-state index in [1.165, 1.54) is 19.3 Å². The maximum absolute atomic E-state index is 12.3. The maximum atomic E-state index is 12.3. The molecule has 1 amide bonds. The van der Waals surface area contributed by atoms with E-state index in [1.54, 1.807) is 18.2 Å². The van der Waals surface area contributed by atoms with E-state index >= 15 is 0 Å². The van der Waals surface area contributed by atoms with Gasteiger partial charge in [0.25, 0.3) is 5.91 Å². The van der Waals surface area contributed by atoms with Crippen LogP contribution in [0.5, 0.6) is 11.5 Å². The van der Waals surface area contributed by atoms with Gasteiger partial charge in [0, 0.05) is 11.5 Å². The van der Waals surface area contributed by atoms with Gasteiger partial charge in [-0.05, 0) is 31.0 Å². The lowest BCUT2D eigenvalue weighted by Gasteiger charge is -2.17. The Balaban J connectivity index is 1.45. The Morgan fingerprint density at radius 1 is 1.09 bits per heavy atom. The van der Waals surface area contributed by atoms with Gasteiger partial charge in [-0.3, -0.25) is 10.1 Å². The van der Waals surface area contributed by atoms with E-state index < -0.39 is 0 Å². The molecule has 2 aliphatic rings. The number of hydrogen-bond donors (Lipinski definition) is 1. The van der Waals surface area contributed by atoms with Crippen LogP contribution >= 0.6 is 0 Å². The summed E-state index contributed by atoms with van der Waals surface area (Å²) in [5.74, 6) is 1.81. The number of anilines is 1. The summed E-state index contributed by atoms with van der Waals surface area (Å²) in [5, 5.41) is 10.6. The van der Waals surface area contributed by atoms with Crippen molar-refractivity contribution in [2.24, 2.45) is 0 Å². The van der Waals surface area contributed by atoms with Crippen LogP contribution in [0.4, 0.5) is 6.01 Å². The quantitative estimate of drug-likeness (QED) is 0.936. The number of nitrogens with one attached hydrogen (secondary N) is 1. The highest BCUT2D eigenvalue weighted by Gasteiger charge is 2.22. The molecule has 1 aliphatic heterocycles. The van der Waals surface area contributed by atoms with Crippen molar-refractivity contribution >= 4 is 11.9 Å². The molecule has 1 fully saturated rings. The molecule has 0 saturated heterocycles. The maximum Gasteiger partial charge on any atom is 0.322 e. The second kappa shape index (κ2) is 5.91. The van der Waals surface area contributed by atoms with Gasteiger partial charge in [0.1, 0.15) is 0 Å². The Bertz CT molecular complexity index is 722. The van der Waals surface area contributed by atoms with Gasteiger partial charge in [0.2, 0.25) is 12.7 Å². The van der Waals surface area contributed by atoms with Crippen molar-refractivity contribution in [3.05, 3.63) is 29.7 Å². The number of ether oxygens (including phenoxy) is 2. The van der Waals surface area contributed by atoms with Crippen LogP contribution in [0.15, 0.2) is 22.6 Å². The van der Waals surface area contributed by atoms with E-state index in [0.29, 0.717) is 28.9 Å². The summed E-state index contributed by atoms with van der Waals surface area (Å²) < 4.78 is 16.1. The van der Waals surface area contributed by atoms with E-state index in [0.717, 1.165) is 12.8 Å². The number of aromatic nitrogens is 2. The molecular weight excluding hydrogens is 298 g/mol. The SMILES string of the molecule is O=C(Nc1nnc(C2CCCCC2)o1)c1ccc2c(c1)OCO2. The summed E-state index contributed by atoms with van der Waals surface area (Å²) in [6.45, 7) is 0.175.